The number of rotatable bonds is 9. The highest BCUT2D eigenvalue weighted by Gasteiger charge is 2.69. The molecule has 15 nitrogen and oxygen atoms in total. The molecule has 3 heterocycles. The van der Waals surface area contributed by atoms with Crippen molar-refractivity contribution in [3.8, 4) is 6.07 Å². The first-order valence-electron chi connectivity index (χ1n) is 14.4. The molecule has 0 spiro atoms. The van der Waals surface area contributed by atoms with E-state index in [0.29, 0.717) is 5.56 Å². The van der Waals surface area contributed by atoms with Crippen LogP contribution in [-0.2, 0) is 19.8 Å². The van der Waals surface area contributed by atoms with Gasteiger partial charge in [-0.25, -0.2) is 19.1 Å². The molecule has 3 aromatic carbocycles. The van der Waals surface area contributed by atoms with Gasteiger partial charge in [0.05, 0.1) is 23.4 Å². The molecule has 1 aliphatic rings. The molecule has 2 N–H and O–H groups in total. The summed E-state index contributed by atoms with van der Waals surface area (Å²) in [7, 11) is 0. The first kappa shape index (κ1) is 31.4. The van der Waals surface area contributed by atoms with E-state index >= 15 is 0 Å². The fourth-order valence-corrected chi connectivity index (χ4v) is 5.39. The topological polar surface area (TPSA) is 214 Å². The van der Waals surface area contributed by atoms with E-state index in [2.05, 4.69) is 25.4 Å². The van der Waals surface area contributed by atoms with Crippen molar-refractivity contribution >= 4 is 29.2 Å². The van der Waals surface area contributed by atoms with Gasteiger partial charge in [-0.15, -0.1) is 0 Å². The lowest BCUT2D eigenvalue weighted by Crippen LogP contribution is -2.49. The number of hydrogen-bond acceptors (Lipinski definition) is 11. The molecular weight excluding hydrogens is 620 g/mol. The fraction of sp³-hybridized carbons (Fsp3) is 0.152. The summed E-state index contributed by atoms with van der Waals surface area (Å²) in [6.45, 7) is -1.09. The van der Waals surface area contributed by atoms with Gasteiger partial charge in [-0.2, -0.15) is 10.4 Å². The Labute approximate surface area is 271 Å². The highest BCUT2D eigenvalue weighted by Crippen LogP contribution is 2.49. The Morgan fingerprint density at radius 2 is 1.48 bits per heavy atom. The number of amides is 1. The SMILES string of the molecule is N#C[C@@]1(c2ccc3c(NC(=O)c4ccccc4)ncnn23)O[C@@](CO)(N=[N+]=[N-])[C@@H](OC(=O)c2ccccc2)[C@H]1OC(=O)c1ccccc1. The number of aliphatic hydroxyl groups is 1. The molecule has 4 atom stereocenters. The molecule has 48 heavy (non-hydrogen) atoms. The lowest BCUT2D eigenvalue weighted by Gasteiger charge is -2.29. The molecule has 5 aromatic rings. The van der Waals surface area contributed by atoms with Crippen LogP contribution in [0.5, 0.6) is 0 Å². The number of nitrogens with zero attached hydrogens (tertiary/aromatic N) is 7. The van der Waals surface area contributed by atoms with E-state index in [1.165, 1.54) is 40.9 Å². The van der Waals surface area contributed by atoms with E-state index in [4.69, 9.17) is 14.2 Å². The van der Waals surface area contributed by atoms with Gasteiger partial charge in [0.15, 0.2) is 18.0 Å². The smallest absolute Gasteiger partial charge is 0.338 e. The number of nitrogens with one attached hydrogen (secondary N) is 1. The highest BCUT2D eigenvalue weighted by atomic mass is 16.7. The number of carbonyl (C=O) groups excluding carboxylic acids is 3. The zero-order chi connectivity index (χ0) is 33.7. The number of aromatic nitrogens is 3. The van der Waals surface area contributed by atoms with Gasteiger partial charge in [0.25, 0.3) is 5.91 Å². The molecule has 2 aromatic heterocycles. The average molecular weight is 645 g/mol. The number of nitriles is 1. The maximum absolute atomic E-state index is 13.5. The van der Waals surface area contributed by atoms with Crippen LogP contribution >= 0.6 is 0 Å². The second kappa shape index (κ2) is 13.0. The van der Waals surface area contributed by atoms with E-state index < -0.39 is 48.0 Å². The number of carbonyl (C=O) groups is 3. The molecule has 0 radical (unpaired) electrons. The van der Waals surface area contributed by atoms with Crippen LogP contribution in [0.3, 0.4) is 0 Å². The first-order chi connectivity index (χ1) is 23.4. The Hall–Kier alpha value is -6.59. The number of fused-ring (bicyclic) bond motifs is 1. The molecule has 238 valence electrons. The molecule has 0 bridgehead atoms. The highest BCUT2D eigenvalue weighted by molar-refractivity contribution is 6.05. The lowest BCUT2D eigenvalue weighted by molar-refractivity contribution is -0.133. The molecule has 6 rings (SSSR count). The van der Waals surface area contributed by atoms with Crippen LogP contribution in [0.25, 0.3) is 16.0 Å². The minimum Gasteiger partial charge on any atom is -0.451 e. The van der Waals surface area contributed by atoms with Crippen molar-refractivity contribution in [3.05, 3.63) is 142 Å². The van der Waals surface area contributed by atoms with Crippen molar-refractivity contribution in [2.75, 3.05) is 11.9 Å². The second-order valence-corrected chi connectivity index (χ2v) is 10.5. The predicted octanol–water partition coefficient (Wildman–Crippen LogP) is 4.18. The van der Waals surface area contributed by atoms with Crippen LogP contribution in [-0.4, -0.2) is 62.1 Å². The monoisotopic (exact) mass is 644 g/mol. The minimum atomic E-state index is -2.46. The van der Waals surface area contributed by atoms with Crippen molar-refractivity contribution in [2.45, 2.75) is 23.5 Å². The van der Waals surface area contributed by atoms with E-state index in [0.717, 1.165) is 6.33 Å². The number of benzene rings is 3. The van der Waals surface area contributed by atoms with Gasteiger partial charge in [-0.3, -0.25) is 4.79 Å². The van der Waals surface area contributed by atoms with Crippen molar-refractivity contribution in [3.63, 3.8) is 0 Å². The van der Waals surface area contributed by atoms with E-state index in [9.17, 15) is 30.3 Å². The Balaban J connectivity index is 1.50. The predicted molar refractivity (Wildman–Crippen MR) is 166 cm³/mol. The van der Waals surface area contributed by atoms with Gasteiger partial charge in [-0.1, -0.05) is 59.7 Å². The molecule has 1 aliphatic heterocycles. The number of esters is 2. The van der Waals surface area contributed by atoms with Gasteiger partial charge in [0.1, 0.15) is 17.9 Å². The summed E-state index contributed by atoms with van der Waals surface area (Å²) in [5, 5.41) is 32.1. The van der Waals surface area contributed by atoms with Crippen LogP contribution in [0.15, 0.2) is 115 Å². The largest absolute Gasteiger partial charge is 0.451 e. The Bertz CT molecular complexity index is 2080. The van der Waals surface area contributed by atoms with Crippen LogP contribution in [0.2, 0.25) is 0 Å². The van der Waals surface area contributed by atoms with Crippen LogP contribution < -0.4 is 5.32 Å². The van der Waals surface area contributed by atoms with Crippen LogP contribution in [0.1, 0.15) is 36.8 Å². The molecule has 0 saturated carbocycles. The summed E-state index contributed by atoms with van der Waals surface area (Å²) in [4.78, 5) is 46.9. The van der Waals surface area contributed by atoms with Gasteiger partial charge in [0, 0.05) is 10.5 Å². The molecule has 0 aliphatic carbocycles. The summed E-state index contributed by atoms with van der Waals surface area (Å²) >= 11 is 0. The van der Waals surface area contributed by atoms with Crippen molar-refractivity contribution < 1.29 is 33.7 Å². The third kappa shape index (κ3) is 5.54. The quantitative estimate of drug-likeness (QED) is 0.101. The van der Waals surface area contributed by atoms with Gasteiger partial charge in [-0.05, 0) is 54.1 Å². The normalized spacial score (nSPS) is 21.4. The number of anilines is 1. The number of ether oxygens (including phenoxy) is 3. The first-order valence-corrected chi connectivity index (χ1v) is 14.4. The number of azide groups is 1. The Morgan fingerprint density at radius 1 is 0.917 bits per heavy atom. The Morgan fingerprint density at radius 3 is 2.02 bits per heavy atom. The molecule has 1 fully saturated rings. The van der Waals surface area contributed by atoms with Crippen molar-refractivity contribution in [1.29, 1.82) is 5.26 Å². The summed E-state index contributed by atoms with van der Waals surface area (Å²) in [6, 6.07) is 28.8. The van der Waals surface area contributed by atoms with Crippen LogP contribution in [0, 0.1) is 11.3 Å². The van der Waals surface area contributed by atoms with Crippen molar-refractivity contribution in [1.82, 2.24) is 14.6 Å². The van der Waals surface area contributed by atoms with Crippen molar-refractivity contribution in [2.24, 2.45) is 5.11 Å². The summed E-state index contributed by atoms with van der Waals surface area (Å²) < 4.78 is 19.1. The second-order valence-electron chi connectivity index (χ2n) is 10.5. The molecule has 15 heteroatoms. The minimum absolute atomic E-state index is 0.0598. The molecule has 1 saturated heterocycles. The zero-order valence-corrected chi connectivity index (χ0v) is 24.8. The average Bonchev–Trinajstić information content (AvgIpc) is 3.68. The van der Waals surface area contributed by atoms with Gasteiger partial charge < -0.3 is 24.6 Å². The zero-order valence-electron chi connectivity index (χ0n) is 24.8. The number of aliphatic hydroxyl groups excluding tert-OH is 1. The van der Waals surface area contributed by atoms with E-state index in [-0.39, 0.29) is 28.2 Å². The summed E-state index contributed by atoms with van der Waals surface area (Å²) in [5.41, 5.74) is 5.30. The lowest BCUT2D eigenvalue weighted by atomic mass is 9.91. The standard InChI is InChI=1S/C33H24N8O7/c34-18-32(25-17-16-24-28(36-20-37-41(24)25)38-29(43)21-10-4-1-5-11-21)26(46-30(44)22-12-6-2-7-13-22)27(33(19-42,48-32)39-40-35)47-31(45)23-14-8-3-9-15-23/h1-17,20,26-27,42H,19H2,(H,36,37,38,43)/t26-,27+,32+,33-/m1/s1. The Kier molecular flexibility index (Phi) is 8.52. The maximum Gasteiger partial charge on any atom is 0.338 e. The molecule has 1 amide bonds. The third-order valence-electron chi connectivity index (χ3n) is 7.65. The number of hydrogen-bond donors (Lipinski definition) is 2. The summed E-state index contributed by atoms with van der Waals surface area (Å²) in [5.74, 6) is -2.30. The maximum atomic E-state index is 13.5. The van der Waals surface area contributed by atoms with Crippen LogP contribution in [0.4, 0.5) is 5.82 Å². The van der Waals surface area contributed by atoms with E-state index in [1.807, 2.05) is 6.07 Å². The fourth-order valence-electron chi connectivity index (χ4n) is 5.39. The van der Waals surface area contributed by atoms with Gasteiger partial charge >= 0.3 is 11.9 Å². The molecular formula is C33H24N8O7. The summed E-state index contributed by atoms with van der Waals surface area (Å²) in [6.07, 6.45) is -2.60. The van der Waals surface area contributed by atoms with Gasteiger partial charge in [0.2, 0.25) is 11.3 Å². The van der Waals surface area contributed by atoms with E-state index in [1.54, 1.807) is 66.7 Å². The molecule has 0 unspecified atom stereocenters. The third-order valence-corrected chi connectivity index (χ3v) is 7.65.